The van der Waals surface area contributed by atoms with Gasteiger partial charge in [-0.1, -0.05) is 12.1 Å². The molecule has 1 unspecified atom stereocenters. The standard InChI is InChI=1S/C20H26N2O2S/c1-3-21(4-2)20-13-10-18(11-14-20)9-12-19-8-5-6-15-22(19)16-7-17-25(23)24/h5-6,8-15H,3-4,7,16-17H2,1-2H3/p+1. The predicted octanol–water partition coefficient (Wildman–Crippen LogP) is 3.60. The first kappa shape index (κ1) is 19.3. The van der Waals surface area contributed by atoms with Crippen molar-refractivity contribution in [1.29, 1.82) is 0 Å². The van der Waals surface area contributed by atoms with Crippen LogP contribution < -0.4 is 9.47 Å². The molecule has 1 heterocycles. The van der Waals surface area contributed by atoms with Gasteiger partial charge >= 0.3 is 0 Å². The highest BCUT2D eigenvalue weighted by Gasteiger charge is 2.07. The Labute approximate surface area is 153 Å². The Morgan fingerprint density at radius 3 is 2.44 bits per heavy atom. The number of anilines is 1. The van der Waals surface area contributed by atoms with E-state index in [1.54, 1.807) is 0 Å². The maximum absolute atomic E-state index is 10.8. The molecule has 4 nitrogen and oxygen atoms in total. The number of aromatic nitrogens is 1. The quantitative estimate of drug-likeness (QED) is 0.549. The summed E-state index contributed by atoms with van der Waals surface area (Å²) in [5, 5.41) is 0. The Morgan fingerprint density at radius 1 is 1.08 bits per heavy atom. The van der Waals surface area contributed by atoms with Gasteiger partial charge in [0.15, 0.2) is 17.3 Å². The Bertz CT molecular complexity index is 710. The molecule has 0 radical (unpaired) electrons. The molecule has 134 valence electrons. The summed E-state index contributed by atoms with van der Waals surface area (Å²) < 4.78 is 21.8. The molecule has 2 rings (SSSR count). The van der Waals surface area contributed by atoms with Gasteiger partial charge in [0.25, 0.3) is 0 Å². The van der Waals surface area contributed by atoms with Crippen LogP contribution in [0, 0.1) is 0 Å². The molecule has 0 spiro atoms. The van der Waals surface area contributed by atoms with Crippen molar-refractivity contribution in [1.82, 2.24) is 0 Å². The van der Waals surface area contributed by atoms with Gasteiger partial charge in [-0.05, 0) is 43.7 Å². The molecule has 0 amide bonds. The molecule has 2 aromatic rings. The largest absolute Gasteiger partial charge is 0.372 e. The number of benzene rings is 1. The monoisotopic (exact) mass is 359 g/mol. The van der Waals surface area contributed by atoms with Gasteiger partial charge in [0.05, 0.1) is 5.75 Å². The molecule has 1 atom stereocenters. The van der Waals surface area contributed by atoms with Crippen LogP contribution in [-0.4, -0.2) is 27.6 Å². The highest BCUT2D eigenvalue weighted by Crippen LogP contribution is 2.16. The number of hydrogen-bond donors (Lipinski definition) is 1. The van der Waals surface area contributed by atoms with Gasteiger partial charge in [-0.25, -0.2) is 4.21 Å². The second-order valence-electron chi connectivity index (χ2n) is 5.80. The summed E-state index contributed by atoms with van der Waals surface area (Å²) >= 11 is -1.72. The molecule has 0 bridgehead atoms. The van der Waals surface area contributed by atoms with Gasteiger partial charge in [0.1, 0.15) is 6.54 Å². The number of hydrogen-bond acceptors (Lipinski definition) is 2. The molecule has 25 heavy (non-hydrogen) atoms. The minimum Gasteiger partial charge on any atom is -0.372 e. The average Bonchev–Trinajstić information content (AvgIpc) is 2.63. The molecule has 1 aromatic heterocycles. The van der Waals surface area contributed by atoms with Crippen LogP contribution in [-0.2, 0) is 17.6 Å². The summed E-state index contributed by atoms with van der Waals surface area (Å²) in [7, 11) is 0. The SMILES string of the molecule is CCN(CC)c1ccc(C=Cc2cccc[n+]2CCCS(=O)O)cc1. The first-order valence-corrected chi connectivity index (χ1v) is 10.0. The topological polar surface area (TPSA) is 44.4 Å². The van der Waals surface area contributed by atoms with Crippen molar-refractivity contribution in [3.05, 3.63) is 59.9 Å². The van der Waals surface area contributed by atoms with Crippen molar-refractivity contribution < 1.29 is 13.3 Å². The Kier molecular flexibility index (Phi) is 7.82. The van der Waals surface area contributed by atoms with Crippen LogP contribution >= 0.6 is 0 Å². The number of aryl methyl sites for hydroxylation is 1. The third-order valence-electron chi connectivity index (χ3n) is 4.16. The van der Waals surface area contributed by atoms with Crippen molar-refractivity contribution in [2.75, 3.05) is 23.7 Å². The summed E-state index contributed by atoms with van der Waals surface area (Å²) in [5.41, 5.74) is 3.48. The summed E-state index contributed by atoms with van der Waals surface area (Å²) in [5.74, 6) is 0.303. The van der Waals surface area contributed by atoms with Gasteiger partial charge in [-0.2, -0.15) is 4.57 Å². The highest BCUT2D eigenvalue weighted by molar-refractivity contribution is 7.79. The average molecular weight is 360 g/mol. The predicted molar refractivity (Wildman–Crippen MR) is 106 cm³/mol. The molecule has 0 aliphatic carbocycles. The summed E-state index contributed by atoms with van der Waals surface area (Å²) in [6, 6.07) is 14.6. The Hall–Kier alpha value is -1.98. The van der Waals surface area contributed by atoms with Gasteiger partial charge in [0.2, 0.25) is 5.69 Å². The van der Waals surface area contributed by atoms with E-state index in [1.165, 1.54) is 5.69 Å². The first-order chi connectivity index (χ1) is 12.1. The lowest BCUT2D eigenvalue weighted by atomic mass is 10.1. The normalized spacial score (nSPS) is 12.4. The Balaban J connectivity index is 2.07. The van der Waals surface area contributed by atoms with Gasteiger partial charge in [-0.15, -0.1) is 0 Å². The lowest BCUT2D eigenvalue weighted by Crippen LogP contribution is -2.37. The fourth-order valence-electron chi connectivity index (χ4n) is 2.77. The van der Waals surface area contributed by atoms with Crippen LogP contribution in [0.1, 0.15) is 31.5 Å². The zero-order valence-corrected chi connectivity index (χ0v) is 15.8. The second-order valence-corrected chi connectivity index (χ2v) is 6.85. The van der Waals surface area contributed by atoms with Gasteiger partial charge in [-0.3, -0.25) is 0 Å². The molecule has 0 saturated carbocycles. The van der Waals surface area contributed by atoms with Gasteiger partial charge in [0, 0.05) is 43.4 Å². The van der Waals surface area contributed by atoms with Crippen molar-refractivity contribution >= 4 is 28.9 Å². The smallest absolute Gasteiger partial charge is 0.205 e. The van der Waals surface area contributed by atoms with Crippen LogP contribution in [0.2, 0.25) is 0 Å². The van der Waals surface area contributed by atoms with Crippen LogP contribution in [0.15, 0.2) is 48.7 Å². The lowest BCUT2D eigenvalue weighted by Gasteiger charge is -2.20. The number of pyridine rings is 1. The van der Waals surface area contributed by atoms with Crippen LogP contribution in [0.4, 0.5) is 5.69 Å². The number of nitrogens with zero attached hydrogens (tertiary/aromatic N) is 2. The van der Waals surface area contributed by atoms with Crippen molar-refractivity contribution in [3.63, 3.8) is 0 Å². The summed E-state index contributed by atoms with van der Waals surface area (Å²) in [4.78, 5) is 2.32. The van der Waals surface area contributed by atoms with E-state index >= 15 is 0 Å². The Morgan fingerprint density at radius 2 is 1.80 bits per heavy atom. The zero-order valence-electron chi connectivity index (χ0n) is 15.0. The van der Waals surface area contributed by atoms with E-state index in [2.05, 4.69) is 65.8 Å². The molecule has 5 heteroatoms. The maximum atomic E-state index is 10.8. The molecule has 1 N–H and O–H groups in total. The summed E-state index contributed by atoms with van der Waals surface area (Å²) in [6.45, 7) is 7.08. The highest BCUT2D eigenvalue weighted by atomic mass is 32.2. The van der Waals surface area contributed by atoms with Crippen molar-refractivity contribution in [2.24, 2.45) is 0 Å². The van der Waals surface area contributed by atoms with Crippen LogP contribution in [0.5, 0.6) is 0 Å². The van der Waals surface area contributed by atoms with E-state index in [4.69, 9.17) is 4.55 Å². The van der Waals surface area contributed by atoms with Crippen molar-refractivity contribution in [3.8, 4) is 0 Å². The molecular weight excluding hydrogens is 332 g/mol. The lowest BCUT2D eigenvalue weighted by molar-refractivity contribution is -0.698. The van der Waals surface area contributed by atoms with Crippen LogP contribution in [0.3, 0.4) is 0 Å². The third-order valence-corrected chi connectivity index (χ3v) is 4.80. The van der Waals surface area contributed by atoms with E-state index < -0.39 is 11.1 Å². The summed E-state index contributed by atoms with van der Waals surface area (Å²) in [6.07, 6.45) is 6.87. The molecular formula is C20H27N2O2S+. The van der Waals surface area contributed by atoms with Crippen LogP contribution in [0.25, 0.3) is 12.2 Å². The molecule has 0 saturated heterocycles. The fraction of sp³-hybridized carbons (Fsp3) is 0.350. The maximum Gasteiger partial charge on any atom is 0.205 e. The van der Waals surface area contributed by atoms with E-state index in [0.717, 1.165) is 30.9 Å². The zero-order chi connectivity index (χ0) is 18.1. The molecule has 0 fully saturated rings. The van der Waals surface area contributed by atoms with E-state index in [9.17, 15) is 4.21 Å². The van der Waals surface area contributed by atoms with E-state index in [1.807, 2.05) is 18.3 Å². The third kappa shape index (κ3) is 6.11. The molecule has 0 aliphatic heterocycles. The van der Waals surface area contributed by atoms with E-state index in [-0.39, 0.29) is 0 Å². The second kappa shape index (κ2) is 10.1. The van der Waals surface area contributed by atoms with E-state index in [0.29, 0.717) is 12.2 Å². The van der Waals surface area contributed by atoms with Crippen molar-refractivity contribution in [2.45, 2.75) is 26.8 Å². The molecule has 0 aliphatic rings. The minimum absolute atomic E-state index is 0.303. The van der Waals surface area contributed by atoms with Gasteiger partial charge < -0.3 is 9.45 Å². The minimum atomic E-state index is -1.72. The first-order valence-electron chi connectivity index (χ1n) is 8.73. The fourth-order valence-corrected chi connectivity index (χ4v) is 3.15. The number of rotatable bonds is 9. The molecule has 1 aromatic carbocycles.